The lowest BCUT2D eigenvalue weighted by atomic mass is 10.1. The average Bonchev–Trinajstić information content (AvgIpc) is 2.76. The number of carbonyl (C=O) groups is 1. The molecule has 3 aromatic rings. The second-order valence-corrected chi connectivity index (χ2v) is 6.39. The molecule has 0 aliphatic carbocycles. The van der Waals surface area contributed by atoms with Crippen LogP contribution in [0.15, 0.2) is 84.9 Å². The summed E-state index contributed by atoms with van der Waals surface area (Å²) in [4.78, 5) is 12.5. The van der Waals surface area contributed by atoms with E-state index in [9.17, 15) is 4.79 Å². The number of nitrogens with one attached hydrogen (secondary N) is 1. The summed E-state index contributed by atoms with van der Waals surface area (Å²) in [5, 5.41) is 2.89. The van der Waals surface area contributed by atoms with Crippen LogP contribution in [0.25, 0.3) is 0 Å². The van der Waals surface area contributed by atoms with Gasteiger partial charge in [-0.1, -0.05) is 85.0 Å². The minimum Gasteiger partial charge on any atom is -0.489 e. The first-order chi connectivity index (χ1) is 13.8. The third-order valence-electron chi connectivity index (χ3n) is 4.16. The highest BCUT2D eigenvalue weighted by atomic mass is 32.1. The topological polar surface area (TPSA) is 47.6 Å². The summed E-state index contributed by atoms with van der Waals surface area (Å²) in [5.41, 5.74) is 4.11. The second-order valence-electron chi connectivity index (χ2n) is 6.15. The molecule has 0 heterocycles. The zero-order valence-electron chi connectivity index (χ0n) is 15.3. The number of benzene rings is 3. The predicted octanol–water partition coefficient (Wildman–Crippen LogP) is 4.60. The van der Waals surface area contributed by atoms with Crippen molar-refractivity contribution in [1.82, 2.24) is 5.32 Å². The fourth-order valence-electron chi connectivity index (χ4n) is 2.68. The summed E-state index contributed by atoms with van der Waals surface area (Å²) < 4.78 is 11.2. The lowest BCUT2D eigenvalue weighted by Crippen LogP contribution is -2.28. The van der Waals surface area contributed by atoms with Gasteiger partial charge in [0.15, 0.2) is 6.04 Å². The molecule has 1 atom stereocenters. The molecule has 0 aliphatic rings. The van der Waals surface area contributed by atoms with E-state index in [1.165, 1.54) is 5.49 Å². The van der Waals surface area contributed by atoms with Crippen LogP contribution in [-0.2, 0) is 22.7 Å². The Morgan fingerprint density at radius 2 is 1.43 bits per heavy atom. The molecule has 0 saturated carbocycles. The molecule has 3 rings (SSSR count). The van der Waals surface area contributed by atoms with Gasteiger partial charge in [0.05, 0.1) is 5.49 Å². The van der Waals surface area contributed by atoms with E-state index < -0.39 is 6.04 Å². The van der Waals surface area contributed by atoms with Gasteiger partial charge in [-0.05, 0) is 28.8 Å². The van der Waals surface area contributed by atoms with E-state index in [4.69, 9.17) is 21.7 Å². The molecular weight excluding hydrogens is 370 g/mol. The van der Waals surface area contributed by atoms with Gasteiger partial charge in [0.2, 0.25) is 0 Å². The largest absolute Gasteiger partial charge is 0.489 e. The summed E-state index contributed by atoms with van der Waals surface area (Å²) in [6, 6.07) is 26.2. The van der Waals surface area contributed by atoms with Crippen LogP contribution < -0.4 is 10.1 Å². The number of esters is 1. The van der Waals surface area contributed by atoms with Crippen molar-refractivity contribution in [1.29, 1.82) is 0 Å². The zero-order chi connectivity index (χ0) is 19.6. The molecule has 3 aromatic carbocycles. The third-order valence-corrected chi connectivity index (χ3v) is 4.29. The first kappa shape index (κ1) is 19.6. The average molecular weight is 391 g/mol. The van der Waals surface area contributed by atoms with Crippen molar-refractivity contribution in [3.63, 3.8) is 0 Å². The summed E-state index contributed by atoms with van der Waals surface area (Å²) in [7, 11) is 0. The van der Waals surface area contributed by atoms with Gasteiger partial charge >= 0.3 is 5.97 Å². The highest BCUT2D eigenvalue weighted by molar-refractivity contribution is 7.78. The molecule has 0 spiro atoms. The molecule has 28 heavy (non-hydrogen) atoms. The van der Waals surface area contributed by atoms with Gasteiger partial charge in [-0.15, -0.1) is 0 Å². The van der Waals surface area contributed by atoms with Crippen LogP contribution in [-0.4, -0.2) is 11.5 Å². The Hall–Kier alpha value is -3.18. The summed E-state index contributed by atoms with van der Waals surface area (Å²) in [6.07, 6.45) is 0. The van der Waals surface area contributed by atoms with Crippen LogP contribution in [0.2, 0.25) is 0 Å². The number of hydrogen-bond acceptors (Lipinski definition) is 4. The van der Waals surface area contributed by atoms with Gasteiger partial charge in [0.1, 0.15) is 19.0 Å². The molecule has 0 aliphatic heterocycles. The molecule has 0 radical (unpaired) electrons. The van der Waals surface area contributed by atoms with Crippen molar-refractivity contribution in [2.75, 3.05) is 0 Å². The van der Waals surface area contributed by atoms with E-state index in [0.717, 1.165) is 22.4 Å². The van der Waals surface area contributed by atoms with Crippen LogP contribution >= 0.6 is 12.2 Å². The molecule has 0 aromatic heterocycles. The Kier molecular flexibility index (Phi) is 7.15. The van der Waals surface area contributed by atoms with Crippen molar-refractivity contribution < 1.29 is 14.3 Å². The SMILES string of the molecule is O=C(OCc1ccccc1)[C@@H](NC=S)c1ccc(OCc2ccccc2)cc1. The Morgan fingerprint density at radius 3 is 2.00 bits per heavy atom. The normalized spacial score (nSPS) is 11.3. The third kappa shape index (κ3) is 5.66. The lowest BCUT2D eigenvalue weighted by molar-refractivity contribution is -0.147. The summed E-state index contributed by atoms with van der Waals surface area (Å²) in [5.74, 6) is 0.342. The molecule has 0 amide bonds. The van der Waals surface area contributed by atoms with Gasteiger partial charge in [0.25, 0.3) is 0 Å². The fourth-order valence-corrected chi connectivity index (χ4v) is 2.81. The highest BCUT2D eigenvalue weighted by Gasteiger charge is 2.21. The Balaban J connectivity index is 1.61. The first-order valence-corrected chi connectivity index (χ1v) is 9.40. The quantitative estimate of drug-likeness (QED) is 0.427. The van der Waals surface area contributed by atoms with Crippen molar-refractivity contribution >= 4 is 23.7 Å². The molecular formula is C23H21NO3S. The molecule has 0 bridgehead atoms. The highest BCUT2D eigenvalue weighted by Crippen LogP contribution is 2.20. The number of rotatable bonds is 9. The Labute approximate surface area is 170 Å². The Morgan fingerprint density at radius 1 is 0.857 bits per heavy atom. The van der Waals surface area contributed by atoms with E-state index in [0.29, 0.717) is 6.61 Å². The van der Waals surface area contributed by atoms with Crippen LogP contribution in [0.5, 0.6) is 5.75 Å². The zero-order valence-corrected chi connectivity index (χ0v) is 16.1. The maximum absolute atomic E-state index is 12.5. The molecule has 0 fully saturated rings. The van der Waals surface area contributed by atoms with Crippen LogP contribution in [0, 0.1) is 0 Å². The summed E-state index contributed by atoms with van der Waals surface area (Å²) >= 11 is 4.88. The van der Waals surface area contributed by atoms with E-state index in [1.807, 2.05) is 84.9 Å². The van der Waals surface area contributed by atoms with Crippen molar-refractivity contribution in [2.45, 2.75) is 19.3 Å². The predicted molar refractivity (Wildman–Crippen MR) is 113 cm³/mol. The fraction of sp³-hybridized carbons (Fsp3) is 0.130. The van der Waals surface area contributed by atoms with Crippen molar-refractivity contribution in [2.24, 2.45) is 0 Å². The molecule has 4 nitrogen and oxygen atoms in total. The monoisotopic (exact) mass is 391 g/mol. The van der Waals surface area contributed by atoms with Gasteiger partial charge in [-0.2, -0.15) is 0 Å². The second kappa shape index (κ2) is 10.2. The molecule has 142 valence electrons. The smallest absolute Gasteiger partial charge is 0.333 e. The summed E-state index contributed by atoms with van der Waals surface area (Å²) in [6.45, 7) is 0.703. The van der Waals surface area contributed by atoms with Gasteiger partial charge < -0.3 is 14.8 Å². The van der Waals surface area contributed by atoms with E-state index in [-0.39, 0.29) is 12.6 Å². The van der Waals surface area contributed by atoms with Crippen LogP contribution in [0.3, 0.4) is 0 Å². The lowest BCUT2D eigenvalue weighted by Gasteiger charge is -2.17. The molecule has 0 saturated heterocycles. The first-order valence-electron chi connectivity index (χ1n) is 8.93. The standard InChI is InChI=1S/C23H21NO3S/c25-23(27-16-19-9-5-2-6-10-19)22(24-17-28)20-11-13-21(14-12-20)26-15-18-7-3-1-4-8-18/h1-14,17,22H,15-16H2,(H,24,28)/t22-/m0/s1. The number of hydrogen-bond donors (Lipinski definition) is 1. The molecule has 0 unspecified atom stereocenters. The van der Waals surface area contributed by atoms with Crippen molar-refractivity contribution in [3.8, 4) is 5.75 Å². The van der Waals surface area contributed by atoms with Crippen LogP contribution in [0.4, 0.5) is 0 Å². The molecule has 5 heteroatoms. The number of carbonyl (C=O) groups excluding carboxylic acids is 1. The number of ether oxygens (including phenoxy) is 2. The Bertz CT molecular complexity index is 883. The van der Waals surface area contributed by atoms with Gasteiger partial charge in [-0.25, -0.2) is 4.79 Å². The maximum Gasteiger partial charge on any atom is 0.333 e. The minimum atomic E-state index is -0.663. The van der Waals surface area contributed by atoms with Crippen LogP contribution in [0.1, 0.15) is 22.7 Å². The number of thiocarbonyl (C=S) groups is 1. The molecule has 1 N–H and O–H groups in total. The van der Waals surface area contributed by atoms with Gasteiger partial charge in [0, 0.05) is 0 Å². The minimum absolute atomic E-state index is 0.216. The van der Waals surface area contributed by atoms with Gasteiger partial charge in [-0.3, -0.25) is 0 Å². The van der Waals surface area contributed by atoms with E-state index >= 15 is 0 Å². The van der Waals surface area contributed by atoms with E-state index in [2.05, 4.69) is 5.32 Å². The van der Waals surface area contributed by atoms with Crippen molar-refractivity contribution in [3.05, 3.63) is 102 Å². The van der Waals surface area contributed by atoms with E-state index in [1.54, 1.807) is 0 Å². The maximum atomic E-state index is 12.5.